The molecule has 0 aliphatic rings. The summed E-state index contributed by atoms with van der Waals surface area (Å²) in [5, 5.41) is 15.2. The molecule has 2 heterocycles. The van der Waals surface area contributed by atoms with Crippen LogP contribution in [0.2, 0.25) is 0 Å². The number of hydrogen-bond acceptors (Lipinski definition) is 7. The fraction of sp³-hybridized carbons (Fsp3) is 0.381. The lowest BCUT2D eigenvalue weighted by Gasteiger charge is -2.22. The fourth-order valence-electron chi connectivity index (χ4n) is 3.21. The first-order valence-electron chi connectivity index (χ1n) is 9.18. The van der Waals surface area contributed by atoms with Gasteiger partial charge in [0, 0.05) is 6.07 Å². The Morgan fingerprint density at radius 1 is 1.14 bits per heavy atom. The van der Waals surface area contributed by atoms with Crippen LogP contribution in [0.5, 0.6) is 11.6 Å². The Kier molecular flexibility index (Phi) is 6.38. The van der Waals surface area contributed by atoms with Crippen molar-refractivity contribution in [3.05, 3.63) is 65.3 Å². The lowest BCUT2D eigenvalue weighted by Crippen LogP contribution is -2.20. The largest absolute Gasteiger partial charge is 0.493 e. The molecule has 0 spiro atoms. The van der Waals surface area contributed by atoms with E-state index in [1.54, 1.807) is 6.07 Å². The van der Waals surface area contributed by atoms with Crippen molar-refractivity contribution >= 4 is 0 Å². The summed E-state index contributed by atoms with van der Waals surface area (Å²) in [5.41, 5.74) is 1.44. The quantitative estimate of drug-likeness (QED) is 0.596. The van der Waals surface area contributed by atoms with Gasteiger partial charge >= 0.3 is 0 Å². The minimum atomic E-state index is -1.13. The van der Waals surface area contributed by atoms with Crippen molar-refractivity contribution in [2.75, 3.05) is 21.2 Å². The lowest BCUT2D eigenvalue weighted by atomic mass is 10.0. The van der Waals surface area contributed by atoms with E-state index >= 15 is 0 Å². The number of aliphatic hydroxyl groups excluding tert-OH is 1. The van der Waals surface area contributed by atoms with Crippen LogP contribution in [0.3, 0.4) is 0 Å². The number of rotatable bonds is 9. The number of methoxy groups -OCH3 is 1. The van der Waals surface area contributed by atoms with Crippen LogP contribution in [0.1, 0.15) is 48.1 Å². The zero-order valence-corrected chi connectivity index (χ0v) is 16.6. The predicted molar refractivity (Wildman–Crippen MR) is 103 cm³/mol. The Balaban J connectivity index is 1.98. The molecule has 0 aliphatic heterocycles. The van der Waals surface area contributed by atoms with Crippen LogP contribution in [0.25, 0.3) is 0 Å². The number of ether oxygens (including phenoxy) is 2. The molecule has 0 radical (unpaired) electrons. The molecule has 0 unspecified atom stereocenters. The molecule has 0 saturated heterocycles. The van der Waals surface area contributed by atoms with Crippen molar-refractivity contribution in [2.24, 2.45) is 0 Å². The lowest BCUT2D eigenvalue weighted by molar-refractivity contribution is 0.168. The van der Waals surface area contributed by atoms with Crippen LogP contribution >= 0.6 is 0 Å². The Labute approximate surface area is 164 Å². The van der Waals surface area contributed by atoms with Gasteiger partial charge in [-0.2, -0.15) is 0 Å². The van der Waals surface area contributed by atoms with E-state index in [0.29, 0.717) is 23.7 Å². The SMILES string of the molecule is CC[C@@H](c1onc(OCc2ccccc2)c1[C@H](O)c1occc1OC)N(C)C. The maximum Gasteiger partial charge on any atom is 0.261 e. The number of aliphatic hydroxyl groups is 1. The standard InChI is InChI=1S/C21H26N2O5/c1-5-15(23(2)3)19-17(18(24)20-16(25-4)11-12-26-20)21(22-28-19)27-13-14-9-7-6-8-10-14/h6-12,15,18,24H,5,13H2,1-4H3/t15-,18-/m0/s1. The second-order valence-corrected chi connectivity index (χ2v) is 6.68. The van der Waals surface area contributed by atoms with E-state index in [2.05, 4.69) is 5.16 Å². The third kappa shape index (κ3) is 4.05. The third-order valence-electron chi connectivity index (χ3n) is 4.65. The molecule has 7 nitrogen and oxygen atoms in total. The fourth-order valence-corrected chi connectivity index (χ4v) is 3.21. The maximum absolute atomic E-state index is 11.1. The molecular weight excluding hydrogens is 360 g/mol. The molecule has 1 N–H and O–H groups in total. The van der Waals surface area contributed by atoms with Crippen molar-refractivity contribution in [3.8, 4) is 11.6 Å². The highest BCUT2D eigenvalue weighted by Gasteiger charge is 2.33. The van der Waals surface area contributed by atoms with Gasteiger partial charge in [-0.25, -0.2) is 0 Å². The van der Waals surface area contributed by atoms with Crippen molar-refractivity contribution in [2.45, 2.75) is 32.1 Å². The summed E-state index contributed by atoms with van der Waals surface area (Å²) in [6, 6.07) is 11.3. The number of benzene rings is 1. The van der Waals surface area contributed by atoms with E-state index in [-0.39, 0.29) is 17.7 Å². The molecule has 28 heavy (non-hydrogen) atoms. The zero-order chi connectivity index (χ0) is 20.1. The maximum atomic E-state index is 11.1. The van der Waals surface area contributed by atoms with E-state index in [4.69, 9.17) is 18.4 Å². The summed E-state index contributed by atoms with van der Waals surface area (Å²) < 4.78 is 22.3. The number of nitrogens with zero attached hydrogens (tertiary/aromatic N) is 2. The molecule has 0 saturated carbocycles. The van der Waals surface area contributed by atoms with Gasteiger partial charge < -0.3 is 23.5 Å². The molecule has 0 aliphatic carbocycles. The van der Waals surface area contributed by atoms with Crippen LogP contribution in [0.4, 0.5) is 0 Å². The number of furan rings is 1. The summed E-state index contributed by atoms with van der Waals surface area (Å²) in [5.74, 6) is 1.52. The van der Waals surface area contributed by atoms with E-state index in [1.807, 2.05) is 56.3 Å². The van der Waals surface area contributed by atoms with Gasteiger partial charge in [0.1, 0.15) is 12.7 Å². The molecule has 2 atom stereocenters. The first-order chi connectivity index (χ1) is 13.6. The first kappa shape index (κ1) is 20.0. The van der Waals surface area contributed by atoms with Gasteiger partial charge in [-0.05, 0) is 31.2 Å². The molecular formula is C21H26N2O5. The van der Waals surface area contributed by atoms with E-state index in [0.717, 1.165) is 12.0 Å². The second kappa shape index (κ2) is 8.95. The van der Waals surface area contributed by atoms with Gasteiger partial charge in [-0.3, -0.25) is 4.90 Å². The van der Waals surface area contributed by atoms with Gasteiger partial charge in [0.05, 0.1) is 25.0 Å². The molecule has 0 amide bonds. The summed E-state index contributed by atoms with van der Waals surface area (Å²) in [7, 11) is 5.42. The van der Waals surface area contributed by atoms with Crippen LogP contribution in [-0.2, 0) is 6.61 Å². The summed E-state index contributed by atoms with van der Waals surface area (Å²) in [6.45, 7) is 2.35. The third-order valence-corrected chi connectivity index (χ3v) is 4.65. The average molecular weight is 386 g/mol. The van der Waals surface area contributed by atoms with E-state index in [1.165, 1.54) is 13.4 Å². The van der Waals surface area contributed by atoms with Gasteiger partial charge in [0.2, 0.25) is 0 Å². The van der Waals surface area contributed by atoms with Crippen molar-refractivity contribution in [1.29, 1.82) is 0 Å². The molecule has 0 fully saturated rings. The minimum Gasteiger partial charge on any atom is -0.493 e. The van der Waals surface area contributed by atoms with Gasteiger partial charge in [-0.1, -0.05) is 37.3 Å². The van der Waals surface area contributed by atoms with Gasteiger partial charge in [0.15, 0.2) is 17.3 Å². The van der Waals surface area contributed by atoms with E-state index < -0.39 is 6.10 Å². The second-order valence-electron chi connectivity index (χ2n) is 6.68. The molecule has 0 bridgehead atoms. The van der Waals surface area contributed by atoms with Crippen molar-refractivity contribution < 1.29 is 23.5 Å². The zero-order valence-electron chi connectivity index (χ0n) is 16.6. The molecule has 3 aromatic rings. The van der Waals surface area contributed by atoms with E-state index in [9.17, 15) is 5.11 Å². The highest BCUT2D eigenvalue weighted by molar-refractivity contribution is 5.41. The monoisotopic (exact) mass is 386 g/mol. The highest BCUT2D eigenvalue weighted by Crippen LogP contribution is 2.41. The van der Waals surface area contributed by atoms with Crippen LogP contribution in [-0.4, -0.2) is 36.4 Å². The molecule has 3 rings (SSSR count). The Bertz CT molecular complexity index is 872. The van der Waals surface area contributed by atoms with Crippen LogP contribution < -0.4 is 9.47 Å². The van der Waals surface area contributed by atoms with Gasteiger partial charge in [-0.15, -0.1) is 0 Å². The predicted octanol–water partition coefficient (Wildman–Crippen LogP) is 3.95. The molecule has 150 valence electrons. The molecule has 2 aromatic heterocycles. The molecule has 1 aromatic carbocycles. The normalized spacial score (nSPS) is 13.5. The molecule has 7 heteroatoms. The number of hydrogen-bond donors (Lipinski definition) is 1. The van der Waals surface area contributed by atoms with Crippen molar-refractivity contribution in [3.63, 3.8) is 0 Å². The summed E-state index contributed by atoms with van der Waals surface area (Å²) in [4.78, 5) is 2.01. The summed E-state index contributed by atoms with van der Waals surface area (Å²) >= 11 is 0. The smallest absolute Gasteiger partial charge is 0.261 e. The average Bonchev–Trinajstić information content (AvgIpc) is 3.34. The summed E-state index contributed by atoms with van der Waals surface area (Å²) in [6.07, 6.45) is 1.11. The highest BCUT2D eigenvalue weighted by atomic mass is 16.5. The Morgan fingerprint density at radius 2 is 1.89 bits per heavy atom. The first-order valence-corrected chi connectivity index (χ1v) is 9.18. The topological polar surface area (TPSA) is 81.1 Å². The van der Waals surface area contributed by atoms with Crippen LogP contribution in [0, 0.1) is 0 Å². The van der Waals surface area contributed by atoms with Crippen LogP contribution in [0.15, 0.2) is 51.6 Å². The van der Waals surface area contributed by atoms with Crippen molar-refractivity contribution in [1.82, 2.24) is 10.1 Å². The van der Waals surface area contributed by atoms with Gasteiger partial charge in [0.25, 0.3) is 5.88 Å². The Hall–Kier alpha value is -2.77. The Morgan fingerprint density at radius 3 is 2.54 bits per heavy atom. The minimum absolute atomic E-state index is 0.0767. The number of aromatic nitrogens is 1.